The number of nitrogens with zero attached hydrogens (tertiary/aromatic N) is 1. The molecule has 1 N–H and O–H groups in total. The minimum atomic E-state index is -1.22. The number of ether oxygens (including phenoxy) is 1. The molecule has 1 heterocycles. The molecule has 0 radical (unpaired) electrons. The smallest absolute Gasteiger partial charge is 0.341 e. The molecular weight excluding hydrogens is 358 g/mol. The summed E-state index contributed by atoms with van der Waals surface area (Å²) in [6, 6.07) is 9.09. The molecule has 27 heavy (non-hydrogen) atoms. The zero-order valence-electron chi connectivity index (χ0n) is 14.6. The van der Waals surface area contributed by atoms with Gasteiger partial charge in [-0.05, 0) is 38.1 Å². The number of para-hydroxylation sites is 2. The van der Waals surface area contributed by atoms with Crippen LogP contribution >= 0.6 is 0 Å². The van der Waals surface area contributed by atoms with Gasteiger partial charge in [-0.3, -0.25) is 14.5 Å². The first kappa shape index (κ1) is 18.5. The highest BCUT2D eigenvalue weighted by molar-refractivity contribution is 6.14. The van der Waals surface area contributed by atoms with Gasteiger partial charge in [0, 0.05) is 6.07 Å². The molecule has 3 rings (SSSR count). The van der Waals surface area contributed by atoms with E-state index in [1.54, 1.807) is 38.1 Å². The van der Waals surface area contributed by atoms with Crippen LogP contribution in [0.5, 0.6) is 0 Å². The van der Waals surface area contributed by atoms with Crippen molar-refractivity contribution in [1.29, 1.82) is 0 Å². The quantitative estimate of drug-likeness (QED) is 0.839. The molecule has 0 bridgehead atoms. The largest absolute Gasteiger partial charge is 0.452 e. The molecule has 1 aliphatic rings. The van der Waals surface area contributed by atoms with Crippen LogP contribution in [-0.4, -0.2) is 29.9 Å². The highest BCUT2D eigenvalue weighted by atomic mass is 19.1. The molecule has 0 atom stereocenters. The molecule has 8 heteroatoms. The number of esters is 1. The summed E-state index contributed by atoms with van der Waals surface area (Å²) in [5.74, 6) is -4.08. The van der Waals surface area contributed by atoms with Crippen LogP contribution in [0.15, 0.2) is 42.5 Å². The van der Waals surface area contributed by atoms with E-state index in [-0.39, 0.29) is 0 Å². The van der Waals surface area contributed by atoms with Crippen LogP contribution < -0.4 is 10.2 Å². The predicted octanol–water partition coefficient (Wildman–Crippen LogP) is 2.89. The number of benzene rings is 2. The van der Waals surface area contributed by atoms with Crippen LogP contribution in [0.1, 0.15) is 24.2 Å². The number of carbonyl (C=O) groups is 3. The number of hydrogen-bond donors (Lipinski definition) is 1. The Labute approximate surface area is 153 Å². The standard InChI is InChI=1S/C19H16F2N2O4/c1-19(2)18(26)22-14-5-3-4-6-15(14)23(19)16(24)10-27-17(25)12-8-7-11(20)9-13(12)21/h3-9H,10H2,1-2H3,(H,22,26). The first-order chi connectivity index (χ1) is 12.7. The highest BCUT2D eigenvalue weighted by Gasteiger charge is 2.43. The monoisotopic (exact) mass is 374 g/mol. The Morgan fingerprint density at radius 3 is 2.56 bits per heavy atom. The lowest BCUT2D eigenvalue weighted by atomic mass is 9.96. The van der Waals surface area contributed by atoms with E-state index >= 15 is 0 Å². The van der Waals surface area contributed by atoms with Crippen LogP contribution in [-0.2, 0) is 14.3 Å². The van der Waals surface area contributed by atoms with Crippen molar-refractivity contribution in [3.63, 3.8) is 0 Å². The molecule has 0 aromatic heterocycles. The number of carbonyl (C=O) groups excluding carboxylic acids is 3. The van der Waals surface area contributed by atoms with Gasteiger partial charge in [-0.15, -0.1) is 0 Å². The van der Waals surface area contributed by atoms with Crippen LogP contribution in [0.4, 0.5) is 20.2 Å². The maximum atomic E-state index is 13.7. The molecule has 2 aromatic rings. The maximum Gasteiger partial charge on any atom is 0.341 e. The third-order valence-electron chi connectivity index (χ3n) is 4.24. The zero-order valence-corrected chi connectivity index (χ0v) is 14.6. The fraction of sp³-hybridized carbons (Fsp3) is 0.211. The minimum absolute atomic E-state index is 0.398. The van der Waals surface area contributed by atoms with E-state index in [0.29, 0.717) is 17.4 Å². The van der Waals surface area contributed by atoms with Gasteiger partial charge in [-0.25, -0.2) is 13.6 Å². The SMILES string of the molecule is CC1(C)C(=O)Nc2ccccc2N1C(=O)COC(=O)c1ccc(F)cc1F. The summed E-state index contributed by atoms with van der Waals surface area (Å²) in [5, 5.41) is 2.71. The molecule has 0 saturated heterocycles. The summed E-state index contributed by atoms with van der Waals surface area (Å²) >= 11 is 0. The fourth-order valence-corrected chi connectivity index (χ4v) is 2.82. The van der Waals surface area contributed by atoms with Gasteiger partial charge in [0.25, 0.3) is 5.91 Å². The Kier molecular flexibility index (Phi) is 4.65. The number of fused-ring (bicyclic) bond motifs is 1. The van der Waals surface area contributed by atoms with Gasteiger partial charge in [0.15, 0.2) is 6.61 Å². The lowest BCUT2D eigenvalue weighted by Crippen LogP contribution is -2.59. The van der Waals surface area contributed by atoms with Gasteiger partial charge >= 0.3 is 5.97 Å². The second-order valence-corrected chi connectivity index (χ2v) is 6.46. The van der Waals surface area contributed by atoms with Gasteiger partial charge in [-0.2, -0.15) is 0 Å². The first-order valence-electron chi connectivity index (χ1n) is 8.07. The van der Waals surface area contributed by atoms with E-state index in [2.05, 4.69) is 5.32 Å². The van der Waals surface area contributed by atoms with E-state index in [9.17, 15) is 23.2 Å². The number of rotatable bonds is 3. The molecule has 6 nitrogen and oxygen atoms in total. The summed E-state index contributed by atoms with van der Waals surface area (Å²) < 4.78 is 31.5. The average molecular weight is 374 g/mol. The third kappa shape index (κ3) is 3.38. The van der Waals surface area contributed by atoms with Gasteiger partial charge in [0.2, 0.25) is 5.91 Å². The van der Waals surface area contributed by atoms with Gasteiger partial charge in [0.1, 0.15) is 17.2 Å². The highest BCUT2D eigenvalue weighted by Crippen LogP contribution is 2.36. The molecular formula is C19H16F2N2O4. The molecule has 0 fully saturated rings. The molecule has 0 unspecified atom stereocenters. The number of nitrogens with one attached hydrogen (secondary N) is 1. The Morgan fingerprint density at radius 2 is 1.85 bits per heavy atom. The molecule has 0 spiro atoms. The van der Waals surface area contributed by atoms with Crippen molar-refractivity contribution in [3.05, 3.63) is 59.7 Å². The topological polar surface area (TPSA) is 75.7 Å². The lowest BCUT2D eigenvalue weighted by Gasteiger charge is -2.41. The van der Waals surface area contributed by atoms with Crippen molar-refractivity contribution in [1.82, 2.24) is 0 Å². The lowest BCUT2D eigenvalue weighted by molar-refractivity contribution is -0.128. The Balaban J connectivity index is 1.81. The zero-order chi connectivity index (χ0) is 19.8. The summed E-state index contributed by atoms with van der Waals surface area (Å²) in [7, 11) is 0. The Morgan fingerprint density at radius 1 is 1.15 bits per heavy atom. The van der Waals surface area contributed by atoms with E-state index in [1.807, 2.05) is 0 Å². The van der Waals surface area contributed by atoms with Crippen molar-refractivity contribution in [2.75, 3.05) is 16.8 Å². The third-order valence-corrected chi connectivity index (χ3v) is 4.24. The summed E-state index contributed by atoms with van der Waals surface area (Å²) in [4.78, 5) is 38.3. The van der Waals surface area contributed by atoms with Crippen molar-refractivity contribution in [2.24, 2.45) is 0 Å². The average Bonchev–Trinajstić information content (AvgIpc) is 2.60. The van der Waals surface area contributed by atoms with Crippen LogP contribution in [0.3, 0.4) is 0 Å². The van der Waals surface area contributed by atoms with Crippen molar-refractivity contribution in [2.45, 2.75) is 19.4 Å². The molecule has 2 amide bonds. The molecule has 1 aliphatic heterocycles. The number of halogens is 2. The molecule has 0 aliphatic carbocycles. The normalized spacial score (nSPS) is 15.0. The summed E-state index contributed by atoms with van der Waals surface area (Å²) in [5.41, 5.74) is -0.804. The second-order valence-electron chi connectivity index (χ2n) is 6.46. The Hall–Kier alpha value is -3.29. The molecule has 140 valence electrons. The molecule has 2 aromatic carbocycles. The van der Waals surface area contributed by atoms with Crippen molar-refractivity contribution < 1.29 is 27.9 Å². The summed E-state index contributed by atoms with van der Waals surface area (Å²) in [6.45, 7) is 2.40. The predicted molar refractivity (Wildman–Crippen MR) is 93.3 cm³/mol. The first-order valence-corrected chi connectivity index (χ1v) is 8.07. The maximum absolute atomic E-state index is 13.7. The van der Waals surface area contributed by atoms with E-state index < -0.39 is 47.1 Å². The second kappa shape index (κ2) is 6.79. The number of hydrogen-bond acceptors (Lipinski definition) is 4. The van der Waals surface area contributed by atoms with Crippen molar-refractivity contribution in [3.8, 4) is 0 Å². The van der Waals surface area contributed by atoms with Crippen LogP contribution in [0.2, 0.25) is 0 Å². The van der Waals surface area contributed by atoms with Gasteiger partial charge in [-0.1, -0.05) is 12.1 Å². The summed E-state index contributed by atoms with van der Waals surface area (Å²) in [6.07, 6.45) is 0. The minimum Gasteiger partial charge on any atom is -0.452 e. The van der Waals surface area contributed by atoms with E-state index in [0.717, 1.165) is 12.1 Å². The Bertz CT molecular complexity index is 943. The fourth-order valence-electron chi connectivity index (χ4n) is 2.82. The van der Waals surface area contributed by atoms with Gasteiger partial charge in [0.05, 0.1) is 16.9 Å². The number of amides is 2. The van der Waals surface area contributed by atoms with Crippen molar-refractivity contribution >= 4 is 29.2 Å². The number of anilines is 2. The molecule has 0 saturated carbocycles. The van der Waals surface area contributed by atoms with E-state index in [1.165, 1.54) is 4.90 Å². The van der Waals surface area contributed by atoms with E-state index in [4.69, 9.17) is 4.74 Å². The van der Waals surface area contributed by atoms with Gasteiger partial charge < -0.3 is 10.1 Å². The van der Waals surface area contributed by atoms with Crippen LogP contribution in [0.25, 0.3) is 0 Å². The van der Waals surface area contributed by atoms with Crippen LogP contribution in [0, 0.1) is 11.6 Å².